The number of fused-ring (bicyclic) bond motifs is 1. The minimum Gasteiger partial charge on any atom is -0.292 e. The van der Waals surface area contributed by atoms with Crippen molar-refractivity contribution in [2.75, 3.05) is 0 Å². The molecule has 0 N–H and O–H groups in total. The van der Waals surface area contributed by atoms with Gasteiger partial charge in [0.2, 0.25) is 0 Å². The summed E-state index contributed by atoms with van der Waals surface area (Å²) in [5.74, 6) is -0.0646. The van der Waals surface area contributed by atoms with Crippen LogP contribution < -0.4 is 0 Å². The Labute approximate surface area is 108 Å². The molecule has 1 aromatic carbocycles. The van der Waals surface area contributed by atoms with Crippen LogP contribution in [-0.4, -0.2) is 10.8 Å². The Balaban J connectivity index is 1.85. The van der Waals surface area contributed by atoms with Gasteiger partial charge in [-0.2, -0.15) is 0 Å². The molecule has 0 unspecified atom stereocenters. The van der Waals surface area contributed by atoms with E-state index < -0.39 is 0 Å². The fourth-order valence-electron chi connectivity index (χ4n) is 2.17. The van der Waals surface area contributed by atoms with Crippen LogP contribution in [0.2, 0.25) is 0 Å². The summed E-state index contributed by atoms with van der Waals surface area (Å²) < 4.78 is 12.8. The second-order valence-electron chi connectivity index (χ2n) is 4.46. The average molecular weight is 261 g/mol. The van der Waals surface area contributed by atoms with E-state index >= 15 is 0 Å². The third-order valence-electron chi connectivity index (χ3n) is 3.08. The number of carbonyl (C=O) groups is 1. The minimum absolute atomic E-state index is 0.165. The van der Waals surface area contributed by atoms with E-state index in [9.17, 15) is 9.18 Å². The molecule has 0 saturated carbocycles. The molecule has 0 fully saturated rings. The van der Waals surface area contributed by atoms with E-state index in [0.29, 0.717) is 18.5 Å². The highest BCUT2D eigenvalue weighted by Gasteiger charge is 2.21. The Hall–Kier alpha value is -1.55. The van der Waals surface area contributed by atoms with Crippen LogP contribution in [0, 0.1) is 5.82 Å². The number of aromatic nitrogens is 1. The molecule has 4 heteroatoms. The van der Waals surface area contributed by atoms with Crippen LogP contribution in [-0.2, 0) is 12.8 Å². The molecule has 1 heterocycles. The van der Waals surface area contributed by atoms with Gasteiger partial charge in [-0.05, 0) is 30.5 Å². The lowest BCUT2D eigenvalue weighted by molar-refractivity contribution is 0.0968. The van der Waals surface area contributed by atoms with E-state index in [0.717, 1.165) is 28.3 Å². The van der Waals surface area contributed by atoms with Crippen molar-refractivity contribution in [2.24, 2.45) is 0 Å². The van der Waals surface area contributed by atoms with Crippen LogP contribution in [0.5, 0.6) is 0 Å². The second kappa shape index (κ2) is 4.61. The number of halogens is 1. The van der Waals surface area contributed by atoms with Crippen molar-refractivity contribution < 1.29 is 9.18 Å². The highest BCUT2D eigenvalue weighted by molar-refractivity contribution is 7.12. The number of Topliss-reactive ketones (excluding diaryl/α,β-unsaturated/α-hetero) is 1. The molecule has 0 amide bonds. The normalized spacial score (nSPS) is 14.6. The zero-order chi connectivity index (χ0) is 12.5. The van der Waals surface area contributed by atoms with Crippen molar-refractivity contribution in [3.05, 3.63) is 51.2 Å². The van der Waals surface area contributed by atoms with Gasteiger partial charge in [-0.25, -0.2) is 9.37 Å². The lowest BCUT2D eigenvalue weighted by atomic mass is 10.0. The Morgan fingerprint density at radius 2 is 2.00 bits per heavy atom. The first-order chi connectivity index (χ1) is 8.72. The number of nitrogens with zero attached hydrogens (tertiary/aromatic N) is 1. The van der Waals surface area contributed by atoms with Crippen molar-refractivity contribution in [1.29, 1.82) is 0 Å². The van der Waals surface area contributed by atoms with Gasteiger partial charge in [0.1, 0.15) is 11.5 Å². The standard InChI is InChI=1S/C14H12FNOS/c15-10-6-4-9(5-7-10)8-13-16-14-11(17)2-1-3-12(14)18-13/h4-7H,1-3,8H2. The maximum Gasteiger partial charge on any atom is 0.182 e. The van der Waals surface area contributed by atoms with Crippen molar-refractivity contribution in [2.45, 2.75) is 25.7 Å². The molecule has 1 aliphatic carbocycles. The second-order valence-corrected chi connectivity index (χ2v) is 5.63. The number of rotatable bonds is 2. The fraction of sp³-hybridized carbons (Fsp3) is 0.286. The zero-order valence-corrected chi connectivity index (χ0v) is 10.6. The summed E-state index contributed by atoms with van der Waals surface area (Å²) in [4.78, 5) is 17.2. The fourth-order valence-corrected chi connectivity index (χ4v) is 3.33. The van der Waals surface area contributed by atoms with Gasteiger partial charge in [-0.1, -0.05) is 12.1 Å². The van der Waals surface area contributed by atoms with Crippen molar-refractivity contribution >= 4 is 17.1 Å². The van der Waals surface area contributed by atoms with Gasteiger partial charge in [0.15, 0.2) is 5.78 Å². The molecule has 1 aliphatic rings. The molecular weight excluding hydrogens is 249 g/mol. The van der Waals surface area contributed by atoms with Crippen LogP contribution in [0.15, 0.2) is 24.3 Å². The summed E-state index contributed by atoms with van der Waals surface area (Å²) in [6, 6.07) is 6.43. The van der Waals surface area contributed by atoms with Crippen LogP contribution in [0.3, 0.4) is 0 Å². The van der Waals surface area contributed by atoms with E-state index in [1.807, 2.05) is 0 Å². The van der Waals surface area contributed by atoms with E-state index in [2.05, 4.69) is 4.98 Å². The number of benzene rings is 1. The molecule has 2 nitrogen and oxygen atoms in total. The van der Waals surface area contributed by atoms with E-state index in [1.54, 1.807) is 23.5 Å². The molecule has 0 radical (unpaired) electrons. The zero-order valence-electron chi connectivity index (χ0n) is 9.78. The van der Waals surface area contributed by atoms with Gasteiger partial charge < -0.3 is 0 Å². The third kappa shape index (κ3) is 2.20. The summed E-state index contributed by atoms with van der Waals surface area (Å²) in [5, 5.41) is 0.946. The van der Waals surface area contributed by atoms with Gasteiger partial charge in [-0.3, -0.25) is 4.79 Å². The number of ketones is 1. The summed E-state index contributed by atoms with van der Waals surface area (Å²) in [6.07, 6.45) is 3.18. The third-order valence-corrected chi connectivity index (χ3v) is 4.20. The molecule has 0 bridgehead atoms. The van der Waals surface area contributed by atoms with Crippen LogP contribution in [0.4, 0.5) is 4.39 Å². The first-order valence-electron chi connectivity index (χ1n) is 5.98. The maximum atomic E-state index is 12.8. The summed E-state index contributed by atoms with van der Waals surface area (Å²) >= 11 is 1.61. The highest BCUT2D eigenvalue weighted by Crippen LogP contribution is 2.27. The molecule has 2 aromatic rings. The predicted octanol–water partition coefficient (Wildman–Crippen LogP) is 3.39. The molecular formula is C14H12FNOS. The molecule has 0 spiro atoms. The van der Waals surface area contributed by atoms with E-state index in [4.69, 9.17) is 0 Å². The van der Waals surface area contributed by atoms with Gasteiger partial charge in [-0.15, -0.1) is 11.3 Å². The molecule has 92 valence electrons. The average Bonchev–Trinajstić information content (AvgIpc) is 2.76. The topological polar surface area (TPSA) is 30.0 Å². The maximum absolute atomic E-state index is 12.8. The lowest BCUT2D eigenvalue weighted by Gasteiger charge is -2.06. The Kier molecular flexibility index (Phi) is 2.96. The Bertz CT molecular complexity index is 588. The number of carbonyl (C=O) groups excluding carboxylic acids is 1. The largest absolute Gasteiger partial charge is 0.292 e. The summed E-state index contributed by atoms with van der Waals surface area (Å²) in [5.41, 5.74) is 1.69. The highest BCUT2D eigenvalue weighted by atomic mass is 32.1. The molecule has 18 heavy (non-hydrogen) atoms. The SMILES string of the molecule is O=C1CCCc2sc(Cc3ccc(F)cc3)nc21. The van der Waals surface area contributed by atoms with Crippen LogP contribution in [0.25, 0.3) is 0 Å². The summed E-state index contributed by atoms with van der Waals surface area (Å²) in [7, 11) is 0. The molecule has 3 rings (SSSR count). The monoisotopic (exact) mass is 261 g/mol. The molecule has 0 aliphatic heterocycles. The summed E-state index contributed by atoms with van der Waals surface area (Å²) in [6.45, 7) is 0. The van der Waals surface area contributed by atoms with Crippen molar-refractivity contribution in [1.82, 2.24) is 4.98 Å². The number of hydrogen-bond donors (Lipinski definition) is 0. The van der Waals surface area contributed by atoms with Gasteiger partial charge in [0.05, 0.1) is 5.01 Å². The van der Waals surface area contributed by atoms with Crippen LogP contribution >= 0.6 is 11.3 Å². The van der Waals surface area contributed by atoms with Gasteiger partial charge in [0, 0.05) is 17.7 Å². The molecule has 0 atom stereocenters. The predicted molar refractivity (Wildman–Crippen MR) is 68.6 cm³/mol. The van der Waals surface area contributed by atoms with E-state index in [1.165, 1.54) is 12.1 Å². The van der Waals surface area contributed by atoms with Crippen LogP contribution in [0.1, 0.15) is 38.8 Å². The quantitative estimate of drug-likeness (QED) is 0.829. The molecule has 0 saturated heterocycles. The van der Waals surface area contributed by atoms with E-state index in [-0.39, 0.29) is 11.6 Å². The first kappa shape index (κ1) is 11.5. The Morgan fingerprint density at radius 3 is 2.72 bits per heavy atom. The first-order valence-corrected chi connectivity index (χ1v) is 6.80. The lowest BCUT2D eigenvalue weighted by Crippen LogP contribution is -2.08. The number of aryl methyl sites for hydroxylation is 1. The van der Waals surface area contributed by atoms with Crippen molar-refractivity contribution in [3.63, 3.8) is 0 Å². The smallest absolute Gasteiger partial charge is 0.182 e. The molecule has 1 aromatic heterocycles. The number of hydrogen-bond acceptors (Lipinski definition) is 3. The Morgan fingerprint density at radius 1 is 1.22 bits per heavy atom. The minimum atomic E-state index is -0.229. The number of thiazole rings is 1. The van der Waals surface area contributed by atoms with Gasteiger partial charge >= 0.3 is 0 Å². The van der Waals surface area contributed by atoms with Gasteiger partial charge in [0.25, 0.3) is 0 Å². The van der Waals surface area contributed by atoms with Crippen molar-refractivity contribution in [3.8, 4) is 0 Å².